The number of amides is 4. The van der Waals surface area contributed by atoms with Crippen LogP contribution in [0.5, 0.6) is 0 Å². The molecule has 1 atom stereocenters. The van der Waals surface area contributed by atoms with Crippen LogP contribution in [0.3, 0.4) is 0 Å². The van der Waals surface area contributed by atoms with Gasteiger partial charge < -0.3 is 15.2 Å². The fourth-order valence-corrected chi connectivity index (χ4v) is 4.99. The van der Waals surface area contributed by atoms with Crippen LogP contribution in [0.1, 0.15) is 27.0 Å². The summed E-state index contributed by atoms with van der Waals surface area (Å²) in [6.07, 6.45) is 1.65. The molecule has 1 aromatic heterocycles. The second-order valence-electron chi connectivity index (χ2n) is 8.95. The minimum absolute atomic E-state index is 0.0851. The summed E-state index contributed by atoms with van der Waals surface area (Å²) in [5.41, 5.74) is 4.79. The van der Waals surface area contributed by atoms with Crippen molar-refractivity contribution in [2.45, 2.75) is 19.0 Å². The molecule has 35 heavy (non-hydrogen) atoms. The van der Waals surface area contributed by atoms with E-state index in [1.54, 1.807) is 24.5 Å². The monoisotopic (exact) mass is 469 g/mol. The van der Waals surface area contributed by atoms with E-state index in [0.29, 0.717) is 11.1 Å². The molecule has 4 aromatic rings. The van der Waals surface area contributed by atoms with Crippen LogP contribution in [0, 0.1) is 12.7 Å². The van der Waals surface area contributed by atoms with Gasteiger partial charge in [-0.2, -0.15) is 0 Å². The number of carbonyl (C=O) groups excluding carboxylic acids is 3. The van der Waals surface area contributed by atoms with E-state index in [-0.39, 0.29) is 24.6 Å². The summed E-state index contributed by atoms with van der Waals surface area (Å²) in [5, 5.41) is 5.03. The quantitative estimate of drug-likeness (QED) is 0.399. The zero-order valence-electron chi connectivity index (χ0n) is 18.7. The number of rotatable bonds is 4. The van der Waals surface area contributed by atoms with Crippen molar-refractivity contribution in [1.29, 1.82) is 0 Å². The summed E-state index contributed by atoms with van der Waals surface area (Å²) in [6.45, 7) is 2.13. The van der Waals surface area contributed by atoms with E-state index in [2.05, 4.69) is 20.6 Å². The first-order chi connectivity index (χ1) is 16.8. The summed E-state index contributed by atoms with van der Waals surface area (Å²) >= 11 is 0. The maximum absolute atomic E-state index is 13.7. The Kier molecular flexibility index (Phi) is 4.50. The van der Waals surface area contributed by atoms with Gasteiger partial charge in [-0.1, -0.05) is 30.3 Å². The molecule has 6 rings (SSSR count). The average Bonchev–Trinajstić information content (AvgIpc) is 3.51. The zero-order chi connectivity index (χ0) is 24.3. The summed E-state index contributed by atoms with van der Waals surface area (Å²) in [5.74, 6) is -1.42. The molecule has 0 bridgehead atoms. The minimum Gasteiger partial charge on any atom is -0.345 e. The van der Waals surface area contributed by atoms with Crippen LogP contribution in [-0.4, -0.2) is 39.3 Å². The number of aromatic nitrogens is 2. The van der Waals surface area contributed by atoms with E-state index in [9.17, 15) is 18.8 Å². The first-order valence-corrected chi connectivity index (χ1v) is 11.1. The molecule has 3 aromatic carbocycles. The van der Waals surface area contributed by atoms with Crippen LogP contribution in [0.2, 0.25) is 0 Å². The van der Waals surface area contributed by atoms with E-state index < -0.39 is 23.3 Å². The number of aromatic amines is 1. The maximum atomic E-state index is 13.7. The largest absolute Gasteiger partial charge is 0.345 e. The molecule has 2 aliphatic heterocycles. The Hall–Kier alpha value is -4.53. The van der Waals surface area contributed by atoms with Crippen LogP contribution >= 0.6 is 0 Å². The van der Waals surface area contributed by atoms with Crippen molar-refractivity contribution in [3.05, 3.63) is 89.0 Å². The molecule has 2 aliphatic rings. The van der Waals surface area contributed by atoms with E-state index in [1.165, 1.54) is 17.0 Å². The van der Waals surface area contributed by atoms with Crippen LogP contribution < -0.4 is 10.6 Å². The molecule has 0 spiro atoms. The van der Waals surface area contributed by atoms with E-state index in [0.717, 1.165) is 27.7 Å². The number of hydrogen-bond acceptors (Lipinski definition) is 4. The third-order valence-corrected chi connectivity index (χ3v) is 6.75. The molecular formula is C26H20FN5O3. The fourth-order valence-electron chi connectivity index (χ4n) is 4.99. The highest BCUT2D eigenvalue weighted by molar-refractivity contribution is 6.08. The minimum atomic E-state index is -1.46. The Balaban J connectivity index is 1.35. The third kappa shape index (κ3) is 3.27. The van der Waals surface area contributed by atoms with Gasteiger partial charge in [-0.3, -0.25) is 14.9 Å². The number of aryl methyl sites for hydroxylation is 1. The number of hydrogen-bond donors (Lipinski definition) is 3. The molecule has 0 radical (unpaired) electrons. The number of carbonyl (C=O) groups is 3. The molecule has 0 aliphatic carbocycles. The lowest BCUT2D eigenvalue weighted by molar-refractivity contribution is -0.124. The Bertz CT molecular complexity index is 1540. The lowest BCUT2D eigenvalue weighted by Crippen LogP contribution is -2.52. The average molecular weight is 469 g/mol. The molecule has 0 saturated carbocycles. The normalized spacial score (nSPS) is 19.3. The molecule has 174 valence electrons. The van der Waals surface area contributed by atoms with Gasteiger partial charge in [0, 0.05) is 12.1 Å². The van der Waals surface area contributed by atoms with Crippen molar-refractivity contribution in [1.82, 2.24) is 25.5 Å². The smallest absolute Gasteiger partial charge is 0.322 e. The number of imide groups is 1. The van der Waals surface area contributed by atoms with Crippen molar-refractivity contribution in [2.24, 2.45) is 0 Å². The number of urea groups is 1. The van der Waals surface area contributed by atoms with Gasteiger partial charge in [0.15, 0.2) is 5.54 Å². The second kappa shape index (κ2) is 7.49. The molecule has 1 fully saturated rings. The molecule has 3 heterocycles. The van der Waals surface area contributed by atoms with Crippen LogP contribution in [0.25, 0.3) is 22.2 Å². The zero-order valence-corrected chi connectivity index (χ0v) is 18.7. The molecule has 9 heteroatoms. The van der Waals surface area contributed by atoms with Crippen molar-refractivity contribution in [3.8, 4) is 11.1 Å². The van der Waals surface area contributed by atoms with Crippen LogP contribution in [0.15, 0.2) is 60.9 Å². The third-order valence-electron chi connectivity index (χ3n) is 6.75. The first kappa shape index (κ1) is 21.0. The van der Waals surface area contributed by atoms with Gasteiger partial charge >= 0.3 is 6.03 Å². The topological polar surface area (TPSA) is 107 Å². The number of fused-ring (bicyclic) bond motifs is 2. The lowest BCUT2D eigenvalue weighted by Gasteiger charge is -2.31. The van der Waals surface area contributed by atoms with Crippen molar-refractivity contribution < 1.29 is 18.8 Å². The Morgan fingerprint density at radius 1 is 1.03 bits per heavy atom. The highest BCUT2D eigenvalue weighted by Crippen LogP contribution is 2.33. The van der Waals surface area contributed by atoms with Crippen LogP contribution in [-0.2, 0) is 16.9 Å². The number of nitrogens with one attached hydrogen (secondary N) is 3. The fraction of sp³-hybridized carbons (Fsp3) is 0.154. The Morgan fingerprint density at radius 2 is 1.83 bits per heavy atom. The van der Waals surface area contributed by atoms with Gasteiger partial charge in [0.2, 0.25) is 0 Å². The van der Waals surface area contributed by atoms with E-state index >= 15 is 0 Å². The molecular weight excluding hydrogens is 449 g/mol. The number of nitrogens with zero attached hydrogens (tertiary/aromatic N) is 2. The molecule has 4 amide bonds. The lowest BCUT2D eigenvalue weighted by atomic mass is 9.88. The van der Waals surface area contributed by atoms with Gasteiger partial charge in [0.1, 0.15) is 5.82 Å². The summed E-state index contributed by atoms with van der Waals surface area (Å²) in [6, 6.07) is 14.8. The molecule has 3 N–H and O–H groups in total. The number of H-pyrrole nitrogens is 1. The van der Waals surface area contributed by atoms with E-state index in [4.69, 9.17) is 0 Å². The second-order valence-corrected chi connectivity index (χ2v) is 8.95. The maximum Gasteiger partial charge on any atom is 0.322 e. The van der Waals surface area contributed by atoms with Gasteiger partial charge in [-0.15, -0.1) is 0 Å². The number of benzene rings is 3. The van der Waals surface area contributed by atoms with Crippen molar-refractivity contribution in [3.63, 3.8) is 0 Å². The van der Waals surface area contributed by atoms with Crippen molar-refractivity contribution >= 4 is 28.9 Å². The summed E-state index contributed by atoms with van der Waals surface area (Å²) < 4.78 is 13.7. The van der Waals surface area contributed by atoms with Gasteiger partial charge in [-0.05, 0) is 59.0 Å². The van der Waals surface area contributed by atoms with Gasteiger partial charge in [0.05, 0.1) is 23.9 Å². The predicted octanol–water partition coefficient (Wildman–Crippen LogP) is 3.37. The Morgan fingerprint density at radius 3 is 2.57 bits per heavy atom. The molecule has 1 saturated heterocycles. The first-order valence-electron chi connectivity index (χ1n) is 11.1. The van der Waals surface area contributed by atoms with Crippen LogP contribution in [0.4, 0.5) is 9.18 Å². The highest BCUT2D eigenvalue weighted by atomic mass is 19.1. The van der Waals surface area contributed by atoms with Crippen molar-refractivity contribution in [2.75, 3.05) is 6.54 Å². The SMILES string of the molecule is Cc1cc(-c2ccc([C@]3(CN4Cc5ccc(F)cc5C4=O)NC(=O)NC3=O)cc2)cc2[nH]cnc12. The van der Waals surface area contributed by atoms with Gasteiger partial charge in [0.25, 0.3) is 11.8 Å². The van der Waals surface area contributed by atoms with Gasteiger partial charge in [-0.25, -0.2) is 14.2 Å². The number of imidazole rings is 1. The number of halogens is 1. The Labute approximate surface area is 199 Å². The summed E-state index contributed by atoms with van der Waals surface area (Å²) in [4.78, 5) is 47.1. The summed E-state index contributed by atoms with van der Waals surface area (Å²) in [7, 11) is 0. The van der Waals surface area contributed by atoms with E-state index in [1.807, 2.05) is 31.2 Å². The standard InChI is InChI=1S/C26H20FN5O3/c1-14-8-17(9-21-22(14)29-13-28-21)15-2-5-18(6-3-15)26(24(34)30-25(35)31-26)12-32-11-16-4-7-19(27)10-20(16)23(32)33/h2-10,13H,11-12H2,1H3,(H,28,29)(H2,30,31,34,35)/t26-/m0/s1. The molecule has 8 nitrogen and oxygen atoms in total. The highest BCUT2D eigenvalue weighted by Gasteiger charge is 2.50. The predicted molar refractivity (Wildman–Crippen MR) is 126 cm³/mol. The molecule has 0 unspecified atom stereocenters.